The standard InChI is InChI=1S/C11H15ClO4/c12-10-1-2-11(9(7-10)8-14)16-6-5-15-4-3-13/h1-2,7,13-14H,3-6,8H2. The third-order valence-corrected chi connectivity index (χ3v) is 2.15. The molecular formula is C11H15ClO4. The first kappa shape index (κ1) is 13.3. The Hall–Kier alpha value is -0.810. The molecule has 0 radical (unpaired) electrons. The monoisotopic (exact) mass is 246 g/mol. The average molecular weight is 247 g/mol. The molecule has 1 aromatic carbocycles. The Morgan fingerprint density at radius 1 is 1.12 bits per heavy atom. The number of benzene rings is 1. The van der Waals surface area contributed by atoms with Crippen LogP contribution in [0, 0.1) is 0 Å². The molecule has 0 spiro atoms. The molecule has 0 aliphatic carbocycles. The van der Waals surface area contributed by atoms with E-state index in [2.05, 4.69) is 0 Å². The summed E-state index contributed by atoms with van der Waals surface area (Å²) in [5.74, 6) is 0.597. The van der Waals surface area contributed by atoms with Crippen LogP contribution < -0.4 is 4.74 Å². The molecule has 0 aromatic heterocycles. The maximum absolute atomic E-state index is 9.08. The van der Waals surface area contributed by atoms with Crippen LogP contribution >= 0.6 is 11.6 Å². The quantitative estimate of drug-likeness (QED) is 0.711. The van der Waals surface area contributed by atoms with Crippen molar-refractivity contribution in [3.05, 3.63) is 28.8 Å². The van der Waals surface area contributed by atoms with Crippen molar-refractivity contribution >= 4 is 11.6 Å². The van der Waals surface area contributed by atoms with Gasteiger partial charge in [-0.05, 0) is 18.2 Å². The van der Waals surface area contributed by atoms with E-state index in [4.69, 9.17) is 31.3 Å². The summed E-state index contributed by atoms with van der Waals surface area (Å²) in [5.41, 5.74) is 0.648. The molecule has 0 bridgehead atoms. The highest BCUT2D eigenvalue weighted by molar-refractivity contribution is 6.30. The summed E-state index contributed by atoms with van der Waals surface area (Å²) >= 11 is 5.78. The third-order valence-electron chi connectivity index (χ3n) is 1.91. The van der Waals surface area contributed by atoms with Gasteiger partial charge in [0.15, 0.2) is 0 Å². The fourth-order valence-corrected chi connectivity index (χ4v) is 1.38. The number of ether oxygens (including phenoxy) is 2. The van der Waals surface area contributed by atoms with Crippen molar-refractivity contribution in [1.29, 1.82) is 0 Å². The van der Waals surface area contributed by atoms with Crippen LogP contribution in [-0.2, 0) is 11.3 Å². The largest absolute Gasteiger partial charge is 0.491 e. The van der Waals surface area contributed by atoms with Crippen LogP contribution in [0.15, 0.2) is 18.2 Å². The molecule has 1 aromatic rings. The molecule has 0 aliphatic rings. The SMILES string of the molecule is OCCOCCOc1ccc(Cl)cc1CO. The van der Waals surface area contributed by atoms with Gasteiger partial charge in [0.1, 0.15) is 12.4 Å². The highest BCUT2D eigenvalue weighted by atomic mass is 35.5. The second-order valence-corrected chi connectivity index (χ2v) is 3.53. The zero-order chi connectivity index (χ0) is 11.8. The molecule has 0 heterocycles. The second kappa shape index (κ2) is 7.46. The Bertz CT molecular complexity index is 317. The molecule has 0 unspecified atom stereocenters. The van der Waals surface area contributed by atoms with Gasteiger partial charge in [-0.15, -0.1) is 0 Å². The van der Waals surface area contributed by atoms with Gasteiger partial charge < -0.3 is 19.7 Å². The molecule has 0 amide bonds. The molecule has 0 atom stereocenters. The number of halogens is 1. The molecule has 0 saturated heterocycles. The van der Waals surface area contributed by atoms with E-state index in [1.165, 1.54) is 0 Å². The molecule has 0 fully saturated rings. The van der Waals surface area contributed by atoms with E-state index < -0.39 is 0 Å². The van der Waals surface area contributed by atoms with Crippen molar-refractivity contribution in [3.63, 3.8) is 0 Å². The predicted octanol–water partition coefficient (Wildman–Crippen LogP) is 1.22. The minimum Gasteiger partial charge on any atom is -0.491 e. The van der Waals surface area contributed by atoms with Gasteiger partial charge in [0.25, 0.3) is 0 Å². The van der Waals surface area contributed by atoms with E-state index in [1.807, 2.05) is 0 Å². The van der Waals surface area contributed by atoms with Crippen molar-refractivity contribution in [2.45, 2.75) is 6.61 Å². The summed E-state index contributed by atoms with van der Waals surface area (Å²) in [6, 6.07) is 5.07. The van der Waals surface area contributed by atoms with Crippen molar-refractivity contribution in [3.8, 4) is 5.75 Å². The minimum absolute atomic E-state index is 0.00281. The number of rotatable bonds is 7. The molecule has 0 aliphatic heterocycles. The maximum atomic E-state index is 9.08. The van der Waals surface area contributed by atoms with Crippen LogP contribution in [0.5, 0.6) is 5.75 Å². The molecular weight excluding hydrogens is 232 g/mol. The van der Waals surface area contributed by atoms with Gasteiger partial charge in [0, 0.05) is 10.6 Å². The summed E-state index contributed by atoms with van der Waals surface area (Å²) in [5, 5.41) is 18.1. The molecule has 4 nitrogen and oxygen atoms in total. The van der Waals surface area contributed by atoms with Crippen LogP contribution in [0.1, 0.15) is 5.56 Å². The highest BCUT2D eigenvalue weighted by Gasteiger charge is 2.03. The first-order valence-corrected chi connectivity index (χ1v) is 5.36. The number of aliphatic hydroxyl groups excluding tert-OH is 2. The molecule has 5 heteroatoms. The summed E-state index contributed by atoms with van der Waals surface area (Å²) in [4.78, 5) is 0. The van der Waals surface area contributed by atoms with Gasteiger partial charge in [0.2, 0.25) is 0 Å². The third kappa shape index (κ3) is 4.37. The minimum atomic E-state index is -0.118. The normalized spacial score (nSPS) is 10.4. The topological polar surface area (TPSA) is 58.9 Å². The first-order valence-electron chi connectivity index (χ1n) is 4.98. The molecule has 16 heavy (non-hydrogen) atoms. The molecule has 2 N–H and O–H groups in total. The van der Waals surface area contributed by atoms with E-state index >= 15 is 0 Å². The summed E-state index contributed by atoms with van der Waals surface area (Å²) in [6.45, 7) is 0.954. The van der Waals surface area contributed by atoms with Gasteiger partial charge in [-0.1, -0.05) is 11.6 Å². The van der Waals surface area contributed by atoms with Gasteiger partial charge >= 0.3 is 0 Å². The summed E-state index contributed by atoms with van der Waals surface area (Å²) in [7, 11) is 0. The van der Waals surface area contributed by atoms with E-state index in [9.17, 15) is 0 Å². The Morgan fingerprint density at radius 3 is 2.62 bits per heavy atom. The lowest BCUT2D eigenvalue weighted by atomic mass is 10.2. The Balaban J connectivity index is 2.41. The number of aliphatic hydroxyl groups is 2. The lowest BCUT2D eigenvalue weighted by Crippen LogP contribution is -2.10. The van der Waals surface area contributed by atoms with Gasteiger partial charge in [-0.2, -0.15) is 0 Å². The number of hydrogen-bond donors (Lipinski definition) is 2. The Morgan fingerprint density at radius 2 is 1.94 bits per heavy atom. The fourth-order valence-electron chi connectivity index (χ4n) is 1.19. The Labute approximate surface area is 99.4 Å². The van der Waals surface area contributed by atoms with Crippen molar-refractivity contribution in [1.82, 2.24) is 0 Å². The molecule has 90 valence electrons. The van der Waals surface area contributed by atoms with E-state index in [-0.39, 0.29) is 13.2 Å². The van der Waals surface area contributed by atoms with Crippen LogP contribution in [0.25, 0.3) is 0 Å². The first-order chi connectivity index (χ1) is 7.77. The van der Waals surface area contributed by atoms with Crippen LogP contribution in [0.2, 0.25) is 5.02 Å². The lowest BCUT2D eigenvalue weighted by Gasteiger charge is -2.10. The average Bonchev–Trinajstić information content (AvgIpc) is 2.30. The van der Waals surface area contributed by atoms with Crippen LogP contribution in [-0.4, -0.2) is 36.6 Å². The zero-order valence-corrected chi connectivity index (χ0v) is 9.61. The smallest absolute Gasteiger partial charge is 0.125 e. The second-order valence-electron chi connectivity index (χ2n) is 3.09. The number of hydrogen-bond acceptors (Lipinski definition) is 4. The summed E-state index contributed by atoms with van der Waals surface area (Å²) in [6.07, 6.45) is 0. The van der Waals surface area contributed by atoms with Gasteiger partial charge in [-0.25, -0.2) is 0 Å². The van der Waals surface area contributed by atoms with E-state index in [0.717, 1.165) is 0 Å². The molecule has 1 rings (SSSR count). The maximum Gasteiger partial charge on any atom is 0.125 e. The predicted molar refractivity (Wildman–Crippen MR) is 60.8 cm³/mol. The van der Waals surface area contributed by atoms with E-state index in [1.54, 1.807) is 18.2 Å². The fraction of sp³-hybridized carbons (Fsp3) is 0.455. The van der Waals surface area contributed by atoms with E-state index in [0.29, 0.717) is 36.2 Å². The van der Waals surface area contributed by atoms with Crippen molar-refractivity contribution in [2.24, 2.45) is 0 Å². The van der Waals surface area contributed by atoms with Crippen LogP contribution in [0.3, 0.4) is 0 Å². The zero-order valence-electron chi connectivity index (χ0n) is 8.86. The highest BCUT2D eigenvalue weighted by Crippen LogP contribution is 2.22. The van der Waals surface area contributed by atoms with Gasteiger partial charge in [0.05, 0.1) is 26.4 Å². The van der Waals surface area contributed by atoms with Crippen molar-refractivity contribution < 1.29 is 19.7 Å². The van der Waals surface area contributed by atoms with Crippen molar-refractivity contribution in [2.75, 3.05) is 26.4 Å². The Kier molecular flexibility index (Phi) is 6.18. The lowest BCUT2D eigenvalue weighted by molar-refractivity contribution is 0.0700. The molecule has 0 saturated carbocycles. The van der Waals surface area contributed by atoms with Crippen LogP contribution in [0.4, 0.5) is 0 Å². The summed E-state index contributed by atoms with van der Waals surface area (Å²) < 4.78 is 10.4. The van der Waals surface area contributed by atoms with Gasteiger partial charge in [-0.3, -0.25) is 0 Å².